The number of aromatic nitrogens is 2. The Morgan fingerprint density at radius 3 is 2.65 bits per heavy atom. The van der Waals surface area contributed by atoms with E-state index in [1.54, 1.807) is 18.2 Å². The summed E-state index contributed by atoms with van der Waals surface area (Å²) in [4.78, 5) is 26.7. The summed E-state index contributed by atoms with van der Waals surface area (Å²) in [7, 11) is 0. The topological polar surface area (TPSA) is 106 Å². The van der Waals surface area contributed by atoms with Crippen LogP contribution in [0.2, 0.25) is 0 Å². The van der Waals surface area contributed by atoms with Crippen molar-refractivity contribution in [1.82, 2.24) is 9.97 Å². The van der Waals surface area contributed by atoms with E-state index in [1.165, 1.54) is 0 Å². The van der Waals surface area contributed by atoms with Gasteiger partial charge in [-0.2, -0.15) is 0 Å². The molecule has 0 atom stereocenters. The van der Waals surface area contributed by atoms with Gasteiger partial charge < -0.3 is 20.2 Å². The van der Waals surface area contributed by atoms with Crippen LogP contribution in [0.15, 0.2) is 29.1 Å². The van der Waals surface area contributed by atoms with Gasteiger partial charge in [0.15, 0.2) is 0 Å². The number of aliphatic carboxylic acids is 1. The van der Waals surface area contributed by atoms with Crippen LogP contribution in [0, 0.1) is 0 Å². The maximum Gasteiger partial charge on any atom is 0.328 e. The minimum absolute atomic E-state index is 0.279. The van der Waals surface area contributed by atoms with Crippen LogP contribution in [0.25, 0.3) is 16.6 Å². The zero-order chi connectivity index (χ0) is 12.4. The van der Waals surface area contributed by atoms with Crippen molar-refractivity contribution in [2.75, 3.05) is 6.61 Å². The van der Waals surface area contributed by atoms with Crippen molar-refractivity contribution in [3.8, 4) is 0 Å². The number of hydrogen-bond donors (Lipinski definition) is 4. The number of rotatable bonds is 3. The highest BCUT2D eigenvalue weighted by Crippen LogP contribution is 2.17. The number of fused-ring (bicyclic) bond motifs is 1. The summed E-state index contributed by atoms with van der Waals surface area (Å²) in [6.07, 6.45) is 0.936. The molecule has 0 aliphatic heterocycles. The summed E-state index contributed by atoms with van der Waals surface area (Å²) >= 11 is 0. The van der Waals surface area contributed by atoms with Gasteiger partial charge in [0, 0.05) is 6.08 Å². The molecule has 1 aromatic heterocycles. The van der Waals surface area contributed by atoms with E-state index in [0.717, 1.165) is 6.08 Å². The van der Waals surface area contributed by atoms with Gasteiger partial charge in [-0.05, 0) is 23.3 Å². The molecule has 1 heterocycles. The van der Waals surface area contributed by atoms with Gasteiger partial charge in [0.25, 0.3) is 0 Å². The quantitative estimate of drug-likeness (QED) is 0.573. The minimum Gasteiger partial charge on any atom is -0.478 e. The minimum atomic E-state index is -1.13. The van der Waals surface area contributed by atoms with Crippen LogP contribution in [-0.4, -0.2) is 32.8 Å². The molecule has 2 aromatic rings. The van der Waals surface area contributed by atoms with E-state index in [1.807, 2.05) is 0 Å². The number of H-pyrrole nitrogens is 2. The Balaban J connectivity index is 2.54. The molecular weight excluding hydrogens is 224 g/mol. The summed E-state index contributed by atoms with van der Waals surface area (Å²) in [5.41, 5.74) is 1.70. The largest absolute Gasteiger partial charge is 0.478 e. The second kappa shape index (κ2) is 4.26. The second-order valence-electron chi connectivity index (χ2n) is 3.51. The van der Waals surface area contributed by atoms with Gasteiger partial charge in [0.2, 0.25) is 0 Å². The smallest absolute Gasteiger partial charge is 0.328 e. The Morgan fingerprint density at radius 1 is 1.29 bits per heavy atom. The van der Waals surface area contributed by atoms with Gasteiger partial charge in [-0.25, -0.2) is 9.59 Å². The van der Waals surface area contributed by atoms with Crippen molar-refractivity contribution >= 4 is 22.6 Å². The van der Waals surface area contributed by atoms with E-state index in [-0.39, 0.29) is 17.9 Å². The highest BCUT2D eigenvalue weighted by molar-refractivity contribution is 5.91. The van der Waals surface area contributed by atoms with Crippen LogP contribution < -0.4 is 5.69 Å². The molecule has 17 heavy (non-hydrogen) atoms. The molecule has 0 unspecified atom stereocenters. The highest BCUT2D eigenvalue weighted by atomic mass is 16.4. The number of hydrogen-bond acceptors (Lipinski definition) is 3. The number of benzene rings is 1. The van der Waals surface area contributed by atoms with Gasteiger partial charge in [-0.3, -0.25) is 0 Å². The number of carbonyl (C=O) groups is 1. The lowest BCUT2D eigenvalue weighted by Crippen LogP contribution is -1.99. The van der Waals surface area contributed by atoms with E-state index < -0.39 is 5.97 Å². The van der Waals surface area contributed by atoms with Crippen LogP contribution in [0.1, 0.15) is 5.56 Å². The predicted molar refractivity (Wildman–Crippen MR) is 61.6 cm³/mol. The Labute approximate surface area is 95.2 Å². The standard InChI is InChI=1S/C11H10N2O4/c14-5-7(4-10(15)16)6-1-2-8-9(3-6)13-11(17)12-8/h1-4,14H,5H2,(H,15,16)(H2,12,13,17)/b7-4+. The lowest BCUT2D eigenvalue weighted by molar-refractivity contribution is -0.131. The zero-order valence-electron chi connectivity index (χ0n) is 8.73. The maximum absolute atomic E-state index is 11.0. The Hall–Kier alpha value is -2.34. The molecule has 6 nitrogen and oxygen atoms in total. The third-order valence-electron chi connectivity index (χ3n) is 2.35. The van der Waals surface area contributed by atoms with E-state index >= 15 is 0 Å². The van der Waals surface area contributed by atoms with Gasteiger partial charge in [0.1, 0.15) is 0 Å². The average Bonchev–Trinajstić information content (AvgIpc) is 2.64. The number of carboxylic acid groups (broad SMARTS) is 1. The molecular formula is C11H10N2O4. The van der Waals surface area contributed by atoms with E-state index in [0.29, 0.717) is 16.6 Å². The normalized spacial score (nSPS) is 11.9. The molecule has 1 aromatic carbocycles. The molecule has 0 bridgehead atoms. The van der Waals surface area contributed by atoms with Crippen molar-refractivity contribution in [1.29, 1.82) is 0 Å². The second-order valence-corrected chi connectivity index (χ2v) is 3.51. The highest BCUT2D eigenvalue weighted by Gasteiger charge is 2.05. The van der Waals surface area contributed by atoms with Crippen LogP contribution in [-0.2, 0) is 4.79 Å². The molecule has 0 amide bonds. The predicted octanol–water partition coefficient (Wildman–Crippen LogP) is 0.316. The maximum atomic E-state index is 11.0. The van der Waals surface area contributed by atoms with Gasteiger partial charge in [-0.1, -0.05) is 6.07 Å². The van der Waals surface area contributed by atoms with Crippen molar-refractivity contribution in [3.63, 3.8) is 0 Å². The zero-order valence-corrected chi connectivity index (χ0v) is 8.73. The van der Waals surface area contributed by atoms with Crippen molar-refractivity contribution in [2.45, 2.75) is 0 Å². The summed E-state index contributed by atoms with van der Waals surface area (Å²) in [5.74, 6) is -1.13. The molecule has 2 rings (SSSR count). The van der Waals surface area contributed by atoms with E-state index in [2.05, 4.69) is 9.97 Å². The number of aromatic amines is 2. The van der Waals surface area contributed by atoms with Gasteiger partial charge >= 0.3 is 11.7 Å². The van der Waals surface area contributed by atoms with Crippen molar-refractivity contribution in [3.05, 3.63) is 40.3 Å². The molecule has 0 saturated carbocycles. The summed E-state index contributed by atoms with van der Waals surface area (Å²) < 4.78 is 0. The van der Waals surface area contributed by atoms with Crippen molar-refractivity contribution < 1.29 is 15.0 Å². The molecule has 0 aliphatic carbocycles. The monoisotopic (exact) mass is 234 g/mol. The van der Waals surface area contributed by atoms with Crippen LogP contribution in [0.3, 0.4) is 0 Å². The third-order valence-corrected chi connectivity index (χ3v) is 2.35. The molecule has 0 fully saturated rings. The molecule has 88 valence electrons. The Bertz CT molecular complexity index is 651. The number of nitrogens with one attached hydrogen (secondary N) is 2. The Kier molecular flexibility index (Phi) is 2.80. The number of aliphatic hydroxyl groups excluding tert-OH is 1. The first-order valence-corrected chi connectivity index (χ1v) is 4.87. The van der Waals surface area contributed by atoms with Crippen LogP contribution in [0.4, 0.5) is 0 Å². The van der Waals surface area contributed by atoms with Crippen LogP contribution >= 0.6 is 0 Å². The molecule has 0 aliphatic rings. The molecule has 0 spiro atoms. The van der Waals surface area contributed by atoms with Crippen LogP contribution in [0.5, 0.6) is 0 Å². The number of imidazole rings is 1. The molecule has 0 radical (unpaired) electrons. The lowest BCUT2D eigenvalue weighted by atomic mass is 10.1. The first kappa shape index (κ1) is 11.2. The summed E-state index contributed by atoms with van der Waals surface area (Å²) in [6.45, 7) is -0.382. The first-order chi connectivity index (χ1) is 8.10. The number of carboxylic acids is 1. The van der Waals surface area contributed by atoms with Gasteiger partial charge in [0.05, 0.1) is 17.6 Å². The Morgan fingerprint density at radius 2 is 2.00 bits per heavy atom. The fourth-order valence-corrected chi connectivity index (χ4v) is 1.60. The summed E-state index contributed by atoms with van der Waals surface area (Å²) in [5, 5.41) is 17.7. The fourth-order valence-electron chi connectivity index (χ4n) is 1.60. The fraction of sp³-hybridized carbons (Fsp3) is 0.0909. The van der Waals surface area contributed by atoms with Gasteiger partial charge in [-0.15, -0.1) is 0 Å². The first-order valence-electron chi connectivity index (χ1n) is 4.87. The third kappa shape index (κ3) is 2.26. The molecule has 4 N–H and O–H groups in total. The average molecular weight is 234 g/mol. The van der Waals surface area contributed by atoms with E-state index in [9.17, 15) is 9.59 Å². The molecule has 0 saturated heterocycles. The lowest BCUT2D eigenvalue weighted by Gasteiger charge is -2.03. The number of aliphatic hydroxyl groups is 1. The SMILES string of the molecule is O=C(O)/C=C(\CO)c1ccc2[nH]c(=O)[nH]c2c1. The van der Waals surface area contributed by atoms with E-state index in [4.69, 9.17) is 10.2 Å². The summed E-state index contributed by atoms with van der Waals surface area (Å²) in [6, 6.07) is 4.89. The molecule has 6 heteroatoms. The van der Waals surface area contributed by atoms with Crippen molar-refractivity contribution in [2.24, 2.45) is 0 Å².